The van der Waals surface area contributed by atoms with Crippen LogP contribution in [0.25, 0.3) is 11.4 Å². The number of carbonyl (C=O) groups excluding carboxylic acids is 1. The third kappa shape index (κ3) is 6.04. The zero-order valence-corrected chi connectivity index (χ0v) is 23.9. The Balaban J connectivity index is 1.33. The third-order valence-electron chi connectivity index (χ3n) is 7.41. The topological polar surface area (TPSA) is 93.7 Å². The van der Waals surface area contributed by atoms with E-state index in [2.05, 4.69) is 16.8 Å². The fraction of sp³-hybridized carbons (Fsp3) is 0.219. The highest BCUT2D eigenvalue weighted by atomic mass is 32.2. The lowest BCUT2D eigenvalue weighted by Crippen LogP contribution is -2.45. The zero-order chi connectivity index (χ0) is 30.0. The van der Waals surface area contributed by atoms with E-state index in [1.807, 2.05) is 6.07 Å². The number of carbonyl (C=O) groups is 1. The minimum atomic E-state index is -1.83. The molecule has 0 bridgehead atoms. The van der Waals surface area contributed by atoms with Crippen LogP contribution in [-0.4, -0.2) is 46.1 Å². The first-order valence-corrected chi connectivity index (χ1v) is 14.9. The molecule has 1 aliphatic heterocycles. The number of hydrogen-bond donors (Lipinski definition) is 1. The van der Waals surface area contributed by atoms with Gasteiger partial charge in [-0.25, -0.2) is 23.5 Å². The number of anilines is 2. The van der Waals surface area contributed by atoms with Gasteiger partial charge < -0.3 is 14.4 Å². The fourth-order valence-corrected chi connectivity index (χ4v) is 6.59. The second kappa shape index (κ2) is 12.0. The maximum Gasteiger partial charge on any atom is 0.417 e. The highest BCUT2D eigenvalue weighted by Gasteiger charge is 2.53. The molecule has 4 aromatic rings. The third-order valence-corrected chi connectivity index (χ3v) is 9.46. The van der Waals surface area contributed by atoms with E-state index in [4.69, 9.17) is 19.4 Å². The van der Waals surface area contributed by atoms with Gasteiger partial charge in [-0.05, 0) is 61.4 Å². The minimum absolute atomic E-state index is 0.0613. The number of aromatic nitrogens is 2. The number of rotatable bonds is 8. The van der Waals surface area contributed by atoms with Gasteiger partial charge >= 0.3 is 6.09 Å². The van der Waals surface area contributed by atoms with Crippen LogP contribution in [0.2, 0.25) is 0 Å². The molecule has 1 aromatic heterocycles. The van der Waals surface area contributed by atoms with Gasteiger partial charge in [0, 0.05) is 29.9 Å². The molecular weight excluding hydrogens is 574 g/mol. The minimum Gasteiger partial charge on any atom is -0.410 e. The molecule has 1 unspecified atom stereocenters. The average molecular weight is 603 g/mol. The van der Waals surface area contributed by atoms with E-state index in [1.165, 1.54) is 6.07 Å². The summed E-state index contributed by atoms with van der Waals surface area (Å²) in [6.45, 7) is 5.43. The summed E-state index contributed by atoms with van der Waals surface area (Å²) in [4.78, 5) is 24.0. The maximum atomic E-state index is 14.7. The van der Waals surface area contributed by atoms with E-state index in [-0.39, 0.29) is 10.9 Å². The van der Waals surface area contributed by atoms with Crippen LogP contribution >= 0.6 is 0 Å². The van der Waals surface area contributed by atoms with Gasteiger partial charge in [-0.2, -0.15) is 0 Å². The number of nitrogens with zero attached hydrogens (tertiary/aromatic N) is 3. The second-order valence-corrected chi connectivity index (χ2v) is 12.0. The lowest BCUT2D eigenvalue weighted by Gasteiger charge is -2.35. The summed E-state index contributed by atoms with van der Waals surface area (Å²) in [5.74, 6) is -0.188. The van der Waals surface area contributed by atoms with E-state index in [9.17, 15) is 17.8 Å². The second-order valence-electron chi connectivity index (χ2n) is 10.2. The number of amides is 1. The van der Waals surface area contributed by atoms with Gasteiger partial charge in [-0.1, -0.05) is 24.3 Å². The van der Waals surface area contributed by atoms with Gasteiger partial charge in [0.15, 0.2) is 5.82 Å². The molecule has 0 radical (unpaired) electrons. The van der Waals surface area contributed by atoms with Crippen molar-refractivity contribution in [2.45, 2.75) is 28.5 Å². The Labute approximate surface area is 249 Å². The van der Waals surface area contributed by atoms with Gasteiger partial charge in [0.2, 0.25) is 0 Å². The molecule has 43 heavy (non-hydrogen) atoms. The Morgan fingerprint density at radius 1 is 1.07 bits per heavy atom. The Kier molecular flexibility index (Phi) is 8.00. The molecule has 1 saturated heterocycles. The molecule has 3 aromatic carbocycles. The first-order valence-electron chi connectivity index (χ1n) is 13.7. The molecule has 6 rings (SSSR count). The number of ether oxygens (including phenoxy) is 2. The number of hydrogen-bond acceptors (Lipinski definition) is 7. The van der Waals surface area contributed by atoms with E-state index in [1.54, 1.807) is 60.7 Å². The molecule has 1 aliphatic carbocycles. The Morgan fingerprint density at radius 3 is 2.53 bits per heavy atom. The quantitative estimate of drug-likeness (QED) is 0.239. The van der Waals surface area contributed by atoms with E-state index < -0.39 is 33.3 Å². The van der Waals surface area contributed by atoms with Crippen molar-refractivity contribution in [2.24, 2.45) is 0 Å². The summed E-state index contributed by atoms with van der Waals surface area (Å²) >= 11 is 0. The first kappa shape index (κ1) is 28.6. The van der Waals surface area contributed by atoms with Crippen molar-refractivity contribution in [3.8, 4) is 17.1 Å². The SMILES string of the molecule is C=C[C@H]1COCCN1c1cc(C2(S(=O)c3ccc(F)cc3F)CC2)nc(-c2ccc(NC(=O)Oc3ccccc3)cc2)n1. The molecule has 0 spiro atoms. The molecule has 2 fully saturated rings. The molecule has 11 heteroatoms. The molecule has 1 N–H and O–H groups in total. The van der Waals surface area contributed by atoms with Crippen molar-refractivity contribution in [1.82, 2.24) is 9.97 Å². The predicted molar refractivity (Wildman–Crippen MR) is 159 cm³/mol. The summed E-state index contributed by atoms with van der Waals surface area (Å²) in [6, 6.07) is 20.4. The van der Waals surface area contributed by atoms with E-state index in [0.717, 1.165) is 12.1 Å². The van der Waals surface area contributed by atoms with Crippen molar-refractivity contribution in [1.29, 1.82) is 0 Å². The molecule has 2 atom stereocenters. The van der Waals surface area contributed by atoms with Crippen molar-refractivity contribution in [3.63, 3.8) is 0 Å². The molecular formula is C32H28F2N4O4S. The van der Waals surface area contributed by atoms with Crippen LogP contribution in [-0.2, 0) is 20.3 Å². The van der Waals surface area contributed by atoms with E-state index >= 15 is 0 Å². The van der Waals surface area contributed by atoms with Crippen molar-refractivity contribution >= 4 is 28.4 Å². The molecule has 1 saturated carbocycles. The largest absolute Gasteiger partial charge is 0.417 e. The summed E-state index contributed by atoms with van der Waals surface area (Å²) in [5.41, 5.74) is 1.67. The van der Waals surface area contributed by atoms with Crippen LogP contribution in [0.1, 0.15) is 18.5 Å². The number of halogens is 2. The summed E-state index contributed by atoms with van der Waals surface area (Å²) in [6.07, 6.45) is 2.20. The van der Waals surface area contributed by atoms with Crippen LogP contribution in [0, 0.1) is 11.6 Å². The smallest absolute Gasteiger partial charge is 0.410 e. The lowest BCUT2D eigenvalue weighted by molar-refractivity contribution is 0.105. The van der Waals surface area contributed by atoms with Gasteiger partial charge in [-0.3, -0.25) is 9.53 Å². The normalized spacial score (nSPS) is 18.0. The average Bonchev–Trinajstić information content (AvgIpc) is 3.84. The summed E-state index contributed by atoms with van der Waals surface area (Å²) in [7, 11) is -1.83. The highest BCUT2D eigenvalue weighted by Crippen LogP contribution is 2.53. The molecule has 220 valence electrons. The van der Waals surface area contributed by atoms with Crippen LogP contribution in [0.4, 0.5) is 25.1 Å². The number of morpholine rings is 1. The molecule has 1 amide bonds. The summed E-state index contributed by atoms with van der Waals surface area (Å²) < 4.78 is 52.1. The lowest BCUT2D eigenvalue weighted by atomic mass is 10.1. The highest BCUT2D eigenvalue weighted by molar-refractivity contribution is 7.86. The maximum absolute atomic E-state index is 14.7. The zero-order valence-electron chi connectivity index (χ0n) is 23.0. The van der Waals surface area contributed by atoms with Crippen LogP contribution in [0.15, 0.2) is 96.4 Å². The van der Waals surface area contributed by atoms with Crippen molar-refractivity contribution < 1.29 is 27.3 Å². The molecule has 2 aliphatic rings. The molecule has 8 nitrogen and oxygen atoms in total. The van der Waals surface area contributed by atoms with Crippen LogP contribution < -0.4 is 15.0 Å². The number of para-hydroxylation sites is 1. The predicted octanol–water partition coefficient (Wildman–Crippen LogP) is 6.22. The number of benzene rings is 3. The van der Waals surface area contributed by atoms with Crippen LogP contribution in [0.3, 0.4) is 0 Å². The van der Waals surface area contributed by atoms with Crippen LogP contribution in [0.5, 0.6) is 5.75 Å². The van der Waals surface area contributed by atoms with E-state index in [0.29, 0.717) is 66.9 Å². The van der Waals surface area contributed by atoms with Gasteiger partial charge in [0.25, 0.3) is 0 Å². The number of nitrogens with one attached hydrogen (secondary N) is 1. The summed E-state index contributed by atoms with van der Waals surface area (Å²) in [5, 5.41) is 2.70. The first-order chi connectivity index (χ1) is 20.9. The van der Waals surface area contributed by atoms with Crippen molar-refractivity contribution in [2.75, 3.05) is 30.0 Å². The monoisotopic (exact) mass is 602 g/mol. The Bertz CT molecular complexity index is 1680. The van der Waals surface area contributed by atoms with Gasteiger partial charge in [0.1, 0.15) is 23.2 Å². The van der Waals surface area contributed by atoms with Crippen molar-refractivity contribution in [3.05, 3.63) is 109 Å². The Morgan fingerprint density at radius 2 is 1.84 bits per heavy atom. The fourth-order valence-electron chi connectivity index (χ4n) is 4.97. The van der Waals surface area contributed by atoms with Gasteiger partial charge in [-0.15, -0.1) is 6.58 Å². The Hall–Kier alpha value is -4.48. The molecule has 2 heterocycles. The van der Waals surface area contributed by atoms with Gasteiger partial charge in [0.05, 0.1) is 45.4 Å². The standard InChI is InChI=1S/C32H28F2N4O4S/c1-2-24-20-41-17-16-38(24)29-19-28(32(14-15-32)43(40)27-13-10-22(33)18-26(27)34)36-30(37-29)21-8-11-23(12-9-21)35-31(39)42-25-6-4-3-5-7-25/h2-13,18-19,24H,1,14-17,20H2,(H,35,39)/t24-,43?/m0/s1.